The summed E-state index contributed by atoms with van der Waals surface area (Å²) < 4.78 is 39.2. The second-order valence-electron chi connectivity index (χ2n) is 8.53. The smallest absolute Gasteiger partial charge is 0.323 e. The minimum Gasteiger partial charge on any atom is -0.323 e. The quantitative estimate of drug-likeness (QED) is 0.772. The van der Waals surface area contributed by atoms with E-state index in [1.54, 1.807) is 4.90 Å². The summed E-state index contributed by atoms with van der Waals surface area (Å²) in [7, 11) is 0. The summed E-state index contributed by atoms with van der Waals surface area (Å²) in [6.07, 6.45) is -1.03. The zero-order valence-electron chi connectivity index (χ0n) is 16.3. The molecule has 4 rings (SSSR count). The molecule has 1 N–H and O–H groups in total. The molecule has 1 spiro atoms. The maximum Gasteiger partial charge on any atom is 0.393 e. The number of carbonyl (C=O) groups is 2. The SMILES string of the molecule is O=C1NC2(CCC(c3ccccc3)CC2)C(=O)N1CN1CCC[C@H](C(F)(F)F)C1. The van der Waals surface area contributed by atoms with E-state index in [9.17, 15) is 22.8 Å². The first kappa shape index (κ1) is 20.2. The highest BCUT2D eigenvalue weighted by molar-refractivity contribution is 6.07. The molecule has 1 saturated carbocycles. The minimum atomic E-state index is -4.24. The van der Waals surface area contributed by atoms with Crippen molar-refractivity contribution in [1.29, 1.82) is 0 Å². The highest BCUT2D eigenvalue weighted by Gasteiger charge is 2.53. The molecule has 1 aromatic carbocycles. The van der Waals surface area contributed by atoms with Gasteiger partial charge in [0.1, 0.15) is 5.54 Å². The molecule has 29 heavy (non-hydrogen) atoms. The lowest BCUT2D eigenvalue weighted by Gasteiger charge is -2.37. The predicted octanol–water partition coefficient (Wildman–Crippen LogP) is 3.87. The molecule has 2 aliphatic heterocycles. The number of nitrogens with one attached hydrogen (secondary N) is 1. The number of halogens is 3. The fourth-order valence-corrected chi connectivity index (χ4v) is 4.96. The average Bonchev–Trinajstić information content (AvgIpc) is 2.93. The Morgan fingerprint density at radius 2 is 1.76 bits per heavy atom. The van der Waals surface area contributed by atoms with Crippen molar-refractivity contribution in [2.24, 2.45) is 5.92 Å². The summed E-state index contributed by atoms with van der Waals surface area (Å²) in [4.78, 5) is 28.3. The summed E-state index contributed by atoms with van der Waals surface area (Å²) in [5.74, 6) is -1.33. The minimum absolute atomic E-state index is 0.0683. The van der Waals surface area contributed by atoms with E-state index in [2.05, 4.69) is 17.4 Å². The van der Waals surface area contributed by atoms with Gasteiger partial charge in [-0.1, -0.05) is 30.3 Å². The molecule has 5 nitrogen and oxygen atoms in total. The molecule has 8 heteroatoms. The Morgan fingerprint density at radius 1 is 1.07 bits per heavy atom. The van der Waals surface area contributed by atoms with Crippen molar-refractivity contribution < 1.29 is 22.8 Å². The molecule has 1 aromatic rings. The highest BCUT2D eigenvalue weighted by Crippen LogP contribution is 2.41. The van der Waals surface area contributed by atoms with Crippen LogP contribution in [-0.2, 0) is 4.79 Å². The number of urea groups is 1. The zero-order valence-corrected chi connectivity index (χ0v) is 16.3. The molecule has 2 saturated heterocycles. The van der Waals surface area contributed by atoms with Gasteiger partial charge in [0.2, 0.25) is 0 Å². The topological polar surface area (TPSA) is 52.7 Å². The van der Waals surface area contributed by atoms with Crippen LogP contribution in [0.25, 0.3) is 0 Å². The van der Waals surface area contributed by atoms with Crippen LogP contribution in [0.2, 0.25) is 0 Å². The van der Waals surface area contributed by atoms with Gasteiger partial charge in [0.15, 0.2) is 0 Å². The molecule has 0 bridgehead atoms. The number of likely N-dealkylation sites (tertiary alicyclic amines) is 1. The van der Waals surface area contributed by atoms with Crippen molar-refractivity contribution in [2.75, 3.05) is 19.8 Å². The number of carbonyl (C=O) groups excluding carboxylic acids is 2. The second kappa shape index (κ2) is 7.63. The van der Waals surface area contributed by atoms with Crippen LogP contribution in [0.3, 0.4) is 0 Å². The van der Waals surface area contributed by atoms with Crippen LogP contribution >= 0.6 is 0 Å². The third-order valence-electron chi connectivity index (χ3n) is 6.67. The van der Waals surface area contributed by atoms with E-state index >= 15 is 0 Å². The largest absolute Gasteiger partial charge is 0.393 e. The summed E-state index contributed by atoms with van der Waals surface area (Å²) in [5.41, 5.74) is 0.337. The van der Waals surface area contributed by atoms with E-state index in [-0.39, 0.29) is 25.5 Å². The van der Waals surface area contributed by atoms with Crippen LogP contribution in [0.1, 0.15) is 50.0 Å². The molecule has 3 aliphatic rings. The van der Waals surface area contributed by atoms with Gasteiger partial charge in [-0.25, -0.2) is 9.69 Å². The molecule has 1 atom stereocenters. The first-order valence-corrected chi connectivity index (χ1v) is 10.3. The molecule has 158 valence electrons. The van der Waals surface area contributed by atoms with Gasteiger partial charge in [-0.3, -0.25) is 9.69 Å². The fraction of sp³-hybridized carbons (Fsp3) is 0.619. The van der Waals surface area contributed by atoms with E-state index in [1.165, 1.54) is 5.56 Å². The number of piperidine rings is 1. The second-order valence-corrected chi connectivity index (χ2v) is 8.53. The Hall–Kier alpha value is -2.09. The van der Waals surface area contributed by atoms with Crippen LogP contribution in [0.15, 0.2) is 30.3 Å². The van der Waals surface area contributed by atoms with Crippen molar-refractivity contribution in [3.8, 4) is 0 Å². The monoisotopic (exact) mass is 409 g/mol. The first-order chi connectivity index (χ1) is 13.8. The third-order valence-corrected chi connectivity index (χ3v) is 6.67. The van der Waals surface area contributed by atoms with Gasteiger partial charge in [-0.05, 0) is 56.6 Å². The van der Waals surface area contributed by atoms with Crippen molar-refractivity contribution in [3.05, 3.63) is 35.9 Å². The summed E-state index contributed by atoms with van der Waals surface area (Å²) >= 11 is 0. The van der Waals surface area contributed by atoms with Gasteiger partial charge in [-0.15, -0.1) is 0 Å². The van der Waals surface area contributed by atoms with E-state index in [4.69, 9.17) is 0 Å². The Balaban J connectivity index is 1.39. The van der Waals surface area contributed by atoms with Crippen molar-refractivity contribution in [2.45, 2.75) is 56.2 Å². The fourth-order valence-electron chi connectivity index (χ4n) is 4.96. The molecule has 3 fully saturated rings. The Kier molecular flexibility index (Phi) is 5.31. The molecule has 0 radical (unpaired) electrons. The summed E-state index contributed by atoms with van der Waals surface area (Å²) in [6.45, 7) is 0.234. The standard InChI is InChI=1S/C21H26F3N3O2/c22-21(23,24)17-7-4-12-26(13-17)14-27-18(28)20(25-19(27)29)10-8-16(9-11-20)15-5-2-1-3-6-15/h1-3,5-6,16-17H,4,7-14H2,(H,25,29)/t16?,17-,20?/m0/s1. The Bertz CT molecular complexity index is 760. The number of alkyl halides is 3. The lowest BCUT2D eigenvalue weighted by atomic mass is 9.74. The molecule has 3 amide bonds. The summed E-state index contributed by atoms with van der Waals surface area (Å²) in [5, 5.41) is 2.86. The molecule has 0 aromatic heterocycles. The zero-order chi connectivity index (χ0) is 20.6. The van der Waals surface area contributed by atoms with Crippen LogP contribution in [-0.4, -0.2) is 53.2 Å². The van der Waals surface area contributed by atoms with Crippen molar-refractivity contribution in [1.82, 2.24) is 15.1 Å². The number of amides is 3. The predicted molar refractivity (Wildman–Crippen MR) is 101 cm³/mol. The average molecular weight is 409 g/mol. The van der Waals surface area contributed by atoms with Crippen molar-refractivity contribution >= 4 is 11.9 Å². The van der Waals surface area contributed by atoms with Gasteiger partial charge < -0.3 is 5.32 Å². The number of benzene rings is 1. The maximum atomic E-state index is 13.1. The van der Waals surface area contributed by atoms with E-state index in [0.29, 0.717) is 31.7 Å². The normalized spacial score (nSPS) is 31.3. The van der Waals surface area contributed by atoms with Gasteiger partial charge in [0.25, 0.3) is 5.91 Å². The van der Waals surface area contributed by atoms with Gasteiger partial charge in [-0.2, -0.15) is 13.2 Å². The number of hydrogen-bond donors (Lipinski definition) is 1. The lowest BCUT2D eigenvalue weighted by Crippen LogP contribution is -2.51. The Morgan fingerprint density at radius 3 is 2.41 bits per heavy atom. The van der Waals surface area contributed by atoms with Crippen LogP contribution in [0.5, 0.6) is 0 Å². The van der Waals surface area contributed by atoms with Gasteiger partial charge in [0, 0.05) is 6.54 Å². The van der Waals surface area contributed by atoms with Gasteiger partial charge >= 0.3 is 12.2 Å². The number of hydrogen-bond acceptors (Lipinski definition) is 3. The lowest BCUT2D eigenvalue weighted by molar-refractivity contribution is -0.187. The number of imide groups is 1. The summed E-state index contributed by atoms with van der Waals surface area (Å²) in [6, 6.07) is 9.64. The van der Waals surface area contributed by atoms with Crippen LogP contribution in [0.4, 0.5) is 18.0 Å². The molecular weight excluding hydrogens is 383 g/mol. The molecular formula is C21H26F3N3O2. The molecule has 2 heterocycles. The van der Waals surface area contributed by atoms with E-state index in [0.717, 1.165) is 17.7 Å². The Labute approximate surface area is 168 Å². The number of nitrogens with zero attached hydrogens (tertiary/aromatic N) is 2. The van der Waals surface area contributed by atoms with Crippen molar-refractivity contribution in [3.63, 3.8) is 0 Å². The van der Waals surface area contributed by atoms with E-state index in [1.807, 2.05) is 18.2 Å². The third kappa shape index (κ3) is 3.99. The molecule has 0 unspecified atom stereocenters. The van der Waals surface area contributed by atoms with E-state index < -0.39 is 23.7 Å². The highest BCUT2D eigenvalue weighted by atomic mass is 19.4. The number of rotatable bonds is 3. The maximum absolute atomic E-state index is 13.1. The van der Waals surface area contributed by atoms with Crippen LogP contribution < -0.4 is 5.32 Å². The first-order valence-electron chi connectivity index (χ1n) is 10.3. The van der Waals surface area contributed by atoms with Gasteiger partial charge in [0.05, 0.1) is 12.6 Å². The molecule has 1 aliphatic carbocycles. The van der Waals surface area contributed by atoms with Crippen LogP contribution in [0, 0.1) is 5.92 Å².